The number of ether oxygens (including phenoxy) is 1. The molecule has 1 atom stereocenters. The zero-order valence-corrected chi connectivity index (χ0v) is 16.2. The molecule has 1 unspecified atom stereocenters. The largest absolute Gasteiger partial charge is 0.497 e. The van der Waals surface area contributed by atoms with E-state index >= 15 is 0 Å². The molecule has 0 fully saturated rings. The number of hydrogen-bond donors (Lipinski definition) is 2. The molecule has 1 aromatic carbocycles. The minimum atomic E-state index is 0.145. The molecule has 2 aromatic rings. The van der Waals surface area contributed by atoms with Crippen molar-refractivity contribution in [2.45, 2.75) is 13.0 Å². The van der Waals surface area contributed by atoms with Crippen LogP contribution < -0.4 is 19.9 Å². The average Bonchev–Trinajstić information content (AvgIpc) is 2.62. The number of hydrogen-bond acceptors (Lipinski definition) is 2. The van der Waals surface area contributed by atoms with Crippen molar-refractivity contribution < 1.29 is 14.6 Å². The van der Waals surface area contributed by atoms with Crippen LogP contribution in [0.25, 0.3) is 0 Å². The molecule has 25 heavy (non-hydrogen) atoms. The van der Waals surface area contributed by atoms with Gasteiger partial charge in [-0.3, -0.25) is 0 Å². The maximum Gasteiger partial charge on any atom is 0.202 e. The lowest BCUT2D eigenvalue weighted by atomic mass is 10.2. The summed E-state index contributed by atoms with van der Waals surface area (Å²) in [7, 11) is 5.96. The summed E-state index contributed by atoms with van der Waals surface area (Å²) >= 11 is 5.72. The van der Waals surface area contributed by atoms with Gasteiger partial charge in [0.15, 0.2) is 11.3 Å². The van der Waals surface area contributed by atoms with Crippen molar-refractivity contribution in [3.8, 4) is 5.75 Å². The number of pyridine rings is 1. The van der Waals surface area contributed by atoms with Crippen LogP contribution >= 0.6 is 12.2 Å². The SMILES string of the molecule is COc1cccc(NC(=S)N(CC[NH+](C)C)C(C)c2cccc[nH+]2)c1. The average molecular weight is 361 g/mol. The molecule has 1 heterocycles. The molecule has 0 radical (unpaired) electrons. The highest BCUT2D eigenvalue weighted by atomic mass is 32.1. The number of H-pyrrole nitrogens is 1. The summed E-state index contributed by atoms with van der Waals surface area (Å²) in [6, 6.07) is 14.1. The normalized spacial score (nSPS) is 11.9. The van der Waals surface area contributed by atoms with Crippen LogP contribution in [0.3, 0.4) is 0 Å². The summed E-state index contributed by atoms with van der Waals surface area (Å²) < 4.78 is 5.29. The van der Waals surface area contributed by atoms with Crippen LogP contribution in [0.5, 0.6) is 5.75 Å². The minimum Gasteiger partial charge on any atom is -0.497 e. The van der Waals surface area contributed by atoms with Crippen LogP contribution in [0.15, 0.2) is 48.7 Å². The van der Waals surface area contributed by atoms with E-state index in [-0.39, 0.29) is 6.04 Å². The maximum atomic E-state index is 5.72. The summed E-state index contributed by atoms with van der Waals surface area (Å²) in [6.07, 6.45) is 1.94. The fraction of sp³-hybridized carbons (Fsp3) is 0.368. The molecule has 0 spiro atoms. The van der Waals surface area contributed by atoms with E-state index in [1.54, 1.807) is 7.11 Å². The Kier molecular flexibility index (Phi) is 7.16. The van der Waals surface area contributed by atoms with Gasteiger partial charge in [0.25, 0.3) is 0 Å². The van der Waals surface area contributed by atoms with E-state index in [0.29, 0.717) is 5.11 Å². The van der Waals surface area contributed by atoms with Gasteiger partial charge in [0.05, 0.1) is 34.3 Å². The number of quaternary nitrogens is 1. The topological polar surface area (TPSA) is 43.1 Å². The van der Waals surface area contributed by atoms with Crippen LogP contribution in [0, 0.1) is 0 Å². The van der Waals surface area contributed by atoms with Gasteiger partial charge in [-0.15, -0.1) is 0 Å². The van der Waals surface area contributed by atoms with Gasteiger partial charge in [0.2, 0.25) is 5.69 Å². The van der Waals surface area contributed by atoms with Gasteiger partial charge in [0, 0.05) is 23.9 Å². The summed E-state index contributed by atoms with van der Waals surface area (Å²) in [5.41, 5.74) is 2.06. The fourth-order valence-electron chi connectivity index (χ4n) is 2.55. The van der Waals surface area contributed by atoms with E-state index < -0.39 is 0 Å². The molecule has 0 saturated heterocycles. The first-order valence-corrected chi connectivity index (χ1v) is 8.89. The Morgan fingerprint density at radius 3 is 2.72 bits per heavy atom. The molecule has 0 aliphatic carbocycles. The molecule has 134 valence electrons. The molecule has 3 N–H and O–H groups in total. The molecular weight excluding hydrogens is 332 g/mol. The Bertz CT molecular complexity index is 678. The first kappa shape index (κ1) is 19.1. The quantitative estimate of drug-likeness (QED) is 0.733. The molecule has 0 saturated carbocycles. The summed E-state index contributed by atoms with van der Waals surface area (Å²) in [5.74, 6) is 0.807. The van der Waals surface area contributed by atoms with Gasteiger partial charge in [0.1, 0.15) is 11.8 Å². The Labute approximate surface area is 155 Å². The molecule has 2 rings (SSSR count). The van der Waals surface area contributed by atoms with Crippen molar-refractivity contribution in [1.82, 2.24) is 4.90 Å². The number of likely N-dealkylation sites (N-methyl/N-ethyl adjacent to an activating group) is 1. The Balaban J connectivity index is 2.17. The predicted molar refractivity (Wildman–Crippen MR) is 105 cm³/mol. The number of nitrogens with one attached hydrogen (secondary N) is 3. The number of nitrogens with zero attached hydrogens (tertiary/aromatic N) is 1. The third-order valence-electron chi connectivity index (χ3n) is 4.09. The lowest BCUT2D eigenvalue weighted by Crippen LogP contribution is -3.06. The zero-order chi connectivity index (χ0) is 18.2. The highest BCUT2D eigenvalue weighted by molar-refractivity contribution is 7.80. The van der Waals surface area contributed by atoms with E-state index in [1.807, 2.05) is 42.6 Å². The monoisotopic (exact) mass is 360 g/mol. The molecule has 0 aliphatic rings. The van der Waals surface area contributed by atoms with Gasteiger partial charge in [-0.05, 0) is 31.3 Å². The van der Waals surface area contributed by atoms with E-state index in [4.69, 9.17) is 17.0 Å². The first-order chi connectivity index (χ1) is 12.0. The van der Waals surface area contributed by atoms with Crippen LogP contribution in [-0.2, 0) is 0 Å². The lowest BCUT2D eigenvalue weighted by molar-refractivity contribution is -0.857. The second-order valence-corrected chi connectivity index (χ2v) is 6.69. The molecular formula is C19H28N4OS+2. The van der Waals surface area contributed by atoms with Gasteiger partial charge in [-0.25, -0.2) is 4.98 Å². The second kappa shape index (κ2) is 9.34. The van der Waals surface area contributed by atoms with Crippen LogP contribution in [0.1, 0.15) is 18.7 Å². The first-order valence-electron chi connectivity index (χ1n) is 8.48. The van der Waals surface area contributed by atoms with Crippen molar-refractivity contribution in [3.05, 3.63) is 54.4 Å². The molecule has 0 aliphatic heterocycles. The van der Waals surface area contributed by atoms with Crippen molar-refractivity contribution >= 4 is 23.0 Å². The van der Waals surface area contributed by atoms with Crippen LogP contribution in [0.2, 0.25) is 0 Å². The van der Waals surface area contributed by atoms with Crippen molar-refractivity contribution in [2.75, 3.05) is 39.6 Å². The summed E-state index contributed by atoms with van der Waals surface area (Å²) in [6.45, 7) is 4.02. The number of benzene rings is 1. The molecule has 5 nitrogen and oxygen atoms in total. The summed E-state index contributed by atoms with van der Waals surface area (Å²) in [4.78, 5) is 6.92. The van der Waals surface area contributed by atoms with E-state index in [1.165, 1.54) is 4.90 Å². The highest BCUT2D eigenvalue weighted by Crippen LogP contribution is 2.20. The number of anilines is 1. The van der Waals surface area contributed by atoms with E-state index in [0.717, 1.165) is 30.2 Å². The predicted octanol–water partition coefficient (Wildman–Crippen LogP) is 1.41. The van der Waals surface area contributed by atoms with Gasteiger partial charge >= 0.3 is 0 Å². The zero-order valence-electron chi connectivity index (χ0n) is 15.4. The van der Waals surface area contributed by atoms with Crippen LogP contribution in [-0.4, -0.2) is 44.3 Å². The van der Waals surface area contributed by atoms with Gasteiger partial charge in [-0.2, -0.15) is 0 Å². The van der Waals surface area contributed by atoms with E-state index in [9.17, 15) is 0 Å². The Hall–Kier alpha value is -2.18. The molecule has 0 bridgehead atoms. The third kappa shape index (κ3) is 5.69. The van der Waals surface area contributed by atoms with Crippen molar-refractivity contribution in [1.29, 1.82) is 0 Å². The lowest BCUT2D eigenvalue weighted by Gasteiger charge is -2.30. The molecule has 1 aromatic heterocycles. The highest BCUT2D eigenvalue weighted by Gasteiger charge is 2.23. The number of methoxy groups -OCH3 is 1. The Morgan fingerprint density at radius 2 is 2.08 bits per heavy atom. The molecule has 0 amide bonds. The number of aromatic amines is 1. The number of rotatable bonds is 7. The summed E-state index contributed by atoms with van der Waals surface area (Å²) in [5, 5.41) is 4.05. The van der Waals surface area contributed by atoms with Crippen LogP contribution in [0.4, 0.5) is 5.69 Å². The van der Waals surface area contributed by atoms with Gasteiger partial charge < -0.3 is 19.9 Å². The number of aromatic nitrogens is 1. The Morgan fingerprint density at radius 1 is 1.28 bits per heavy atom. The fourth-order valence-corrected chi connectivity index (χ4v) is 2.91. The smallest absolute Gasteiger partial charge is 0.202 e. The van der Waals surface area contributed by atoms with Crippen molar-refractivity contribution in [3.63, 3.8) is 0 Å². The van der Waals surface area contributed by atoms with Crippen molar-refractivity contribution in [2.24, 2.45) is 0 Å². The molecule has 6 heteroatoms. The minimum absolute atomic E-state index is 0.145. The third-order valence-corrected chi connectivity index (χ3v) is 4.42. The van der Waals surface area contributed by atoms with E-state index in [2.05, 4.69) is 42.3 Å². The maximum absolute atomic E-state index is 5.72. The second-order valence-electron chi connectivity index (χ2n) is 6.31. The standard InChI is InChI=1S/C19H26N4OS/c1-15(18-10-5-6-11-20-18)23(13-12-22(2)3)19(25)21-16-8-7-9-17(14-16)24-4/h5-11,14-15H,12-13H2,1-4H3,(H,21,25)/p+2. The van der Waals surface area contributed by atoms with Gasteiger partial charge in [-0.1, -0.05) is 12.1 Å². The number of thiocarbonyl (C=S) groups is 1.